The summed E-state index contributed by atoms with van der Waals surface area (Å²) in [6, 6.07) is 11.5. The molecular formula is C12H18N+. The van der Waals surface area contributed by atoms with Gasteiger partial charge in [0.05, 0.1) is 6.04 Å². The highest BCUT2D eigenvalue weighted by atomic mass is 14.9. The van der Waals surface area contributed by atoms with Crippen molar-refractivity contribution < 1.29 is 5.32 Å². The molecule has 1 aromatic carbocycles. The third-order valence-corrected chi connectivity index (χ3v) is 2.93. The Balaban J connectivity index is 1.78. The van der Waals surface area contributed by atoms with Gasteiger partial charge in [-0.05, 0) is 19.8 Å². The van der Waals surface area contributed by atoms with E-state index in [1.807, 2.05) is 0 Å². The van der Waals surface area contributed by atoms with Crippen LogP contribution >= 0.6 is 0 Å². The molecule has 0 bridgehead atoms. The minimum Gasteiger partial charge on any atom is -0.340 e. The van der Waals surface area contributed by atoms with E-state index in [4.69, 9.17) is 0 Å². The molecule has 1 saturated carbocycles. The minimum atomic E-state index is 0.820. The third-order valence-electron chi connectivity index (χ3n) is 2.93. The van der Waals surface area contributed by atoms with Crippen LogP contribution in [-0.4, -0.2) is 6.04 Å². The van der Waals surface area contributed by atoms with Crippen molar-refractivity contribution in [2.75, 3.05) is 0 Å². The Hall–Kier alpha value is -0.820. The van der Waals surface area contributed by atoms with Gasteiger partial charge in [0.15, 0.2) is 0 Å². The number of quaternary nitrogens is 1. The van der Waals surface area contributed by atoms with E-state index in [1.54, 1.807) is 0 Å². The molecule has 1 aliphatic rings. The second-order valence-corrected chi connectivity index (χ2v) is 4.12. The molecule has 1 nitrogen and oxygen atoms in total. The Morgan fingerprint density at radius 1 is 1.31 bits per heavy atom. The molecule has 1 aliphatic carbocycles. The third kappa shape index (κ3) is 2.56. The summed E-state index contributed by atoms with van der Waals surface area (Å²) in [4.78, 5) is 0. The van der Waals surface area contributed by atoms with Crippen LogP contribution in [0.4, 0.5) is 0 Å². The second-order valence-electron chi connectivity index (χ2n) is 4.12. The van der Waals surface area contributed by atoms with E-state index in [1.165, 1.54) is 18.4 Å². The predicted molar refractivity (Wildman–Crippen MR) is 54.3 cm³/mol. The van der Waals surface area contributed by atoms with Gasteiger partial charge in [0, 0.05) is 11.5 Å². The standard InChI is InChI=1S/C12H17N/c1-10(12-7-8-12)13-9-11-5-3-2-4-6-11/h2-6,10,12-13H,7-9H2,1H3/p+1/t10-/m1/s1. The normalized spacial score (nSPS) is 18.5. The Kier molecular flexibility index (Phi) is 2.65. The van der Waals surface area contributed by atoms with Crippen LogP contribution in [0.25, 0.3) is 0 Å². The van der Waals surface area contributed by atoms with Gasteiger partial charge in [-0.1, -0.05) is 30.3 Å². The van der Waals surface area contributed by atoms with Gasteiger partial charge >= 0.3 is 0 Å². The van der Waals surface area contributed by atoms with Crippen LogP contribution < -0.4 is 5.32 Å². The minimum absolute atomic E-state index is 0.820. The molecule has 1 heteroatoms. The van der Waals surface area contributed by atoms with Gasteiger partial charge < -0.3 is 5.32 Å². The van der Waals surface area contributed by atoms with E-state index >= 15 is 0 Å². The molecule has 0 radical (unpaired) electrons. The molecule has 1 aromatic rings. The summed E-state index contributed by atoms with van der Waals surface area (Å²) in [5, 5.41) is 2.47. The fourth-order valence-electron chi connectivity index (χ4n) is 1.75. The maximum absolute atomic E-state index is 2.47. The summed E-state index contributed by atoms with van der Waals surface area (Å²) in [6.07, 6.45) is 2.90. The smallest absolute Gasteiger partial charge is 0.101 e. The van der Waals surface area contributed by atoms with E-state index in [-0.39, 0.29) is 0 Å². The quantitative estimate of drug-likeness (QED) is 0.717. The molecule has 0 spiro atoms. The lowest BCUT2D eigenvalue weighted by atomic mass is 10.2. The molecule has 0 heterocycles. The largest absolute Gasteiger partial charge is 0.340 e. The van der Waals surface area contributed by atoms with Crippen LogP contribution in [-0.2, 0) is 6.54 Å². The van der Waals surface area contributed by atoms with Gasteiger partial charge in [-0.3, -0.25) is 0 Å². The number of hydrogen-bond acceptors (Lipinski definition) is 0. The van der Waals surface area contributed by atoms with Crippen molar-refractivity contribution in [1.82, 2.24) is 0 Å². The van der Waals surface area contributed by atoms with Crippen molar-refractivity contribution in [3.05, 3.63) is 35.9 Å². The summed E-state index contributed by atoms with van der Waals surface area (Å²) < 4.78 is 0. The topological polar surface area (TPSA) is 16.6 Å². The maximum Gasteiger partial charge on any atom is 0.101 e. The zero-order valence-corrected chi connectivity index (χ0v) is 8.24. The molecule has 1 fully saturated rings. The van der Waals surface area contributed by atoms with E-state index in [0.29, 0.717) is 0 Å². The first-order chi connectivity index (χ1) is 6.36. The monoisotopic (exact) mass is 176 g/mol. The highest BCUT2D eigenvalue weighted by Gasteiger charge is 2.30. The van der Waals surface area contributed by atoms with E-state index < -0.39 is 0 Å². The maximum atomic E-state index is 2.47. The Bertz CT molecular complexity index is 251. The molecule has 0 amide bonds. The van der Waals surface area contributed by atoms with E-state index in [0.717, 1.165) is 18.5 Å². The fourth-order valence-corrected chi connectivity index (χ4v) is 1.75. The van der Waals surface area contributed by atoms with Gasteiger partial charge in [0.2, 0.25) is 0 Å². The molecule has 0 aliphatic heterocycles. The molecule has 13 heavy (non-hydrogen) atoms. The lowest BCUT2D eigenvalue weighted by molar-refractivity contribution is -0.704. The van der Waals surface area contributed by atoms with Crippen LogP contribution in [0, 0.1) is 5.92 Å². The number of nitrogens with two attached hydrogens (primary N) is 1. The van der Waals surface area contributed by atoms with Gasteiger partial charge in [-0.2, -0.15) is 0 Å². The predicted octanol–water partition coefficient (Wildman–Crippen LogP) is 1.55. The Labute approximate surface area is 80.2 Å². The lowest BCUT2D eigenvalue weighted by Gasteiger charge is -2.08. The van der Waals surface area contributed by atoms with Crippen molar-refractivity contribution in [3.8, 4) is 0 Å². The Morgan fingerprint density at radius 3 is 2.62 bits per heavy atom. The zero-order valence-electron chi connectivity index (χ0n) is 8.24. The molecule has 2 rings (SSSR count). The van der Waals surface area contributed by atoms with Crippen molar-refractivity contribution in [1.29, 1.82) is 0 Å². The molecule has 0 saturated heterocycles. The Morgan fingerprint density at radius 2 is 2.00 bits per heavy atom. The summed E-state index contributed by atoms with van der Waals surface area (Å²) >= 11 is 0. The highest BCUT2D eigenvalue weighted by Crippen LogP contribution is 2.30. The lowest BCUT2D eigenvalue weighted by Crippen LogP contribution is -2.88. The van der Waals surface area contributed by atoms with E-state index in [9.17, 15) is 0 Å². The van der Waals surface area contributed by atoms with Crippen LogP contribution in [0.3, 0.4) is 0 Å². The average Bonchev–Trinajstić information content (AvgIpc) is 2.99. The van der Waals surface area contributed by atoms with Crippen molar-refractivity contribution >= 4 is 0 Å². The van der Waals surface area contributed by atoms with Crippen molar-refractivity contribution in [2.45, 2.75) is 32.4 Å². The van der Waals surface area contributed by atoms with Crippen LogP contribution in [0.5, 0.6) is 0 Å². The van der Waals surface area contributed by atoms with Gasteiger partial charge in [0.25, 0.3) is 0 Å². The van der Waals surface area contributed by atoms with Gasteiger partial charge in [-0.15, -0.1) is 0 Å². The molecule has 0 aromatic heterocycles. The first kappa shape index (κ1) is 8.76. The summed E-state index contributed by atoms with van der Waals surface area (Å²) in [5.41, 5.74) is 1.44. The molecular weight excluding hydrogens is 158 g/mol. The van der Waals surface area contributed by atoms with Crippen LogP contribution in [0.1, 0.15) is 25.3 Å². The summed E-state index contributed by atoms with van der Waals surface area (Å²) in [5.74, 6) is 1.00. The van der Waals surface area contributed by atoms with Crippen molar-refractivity contribution in [2.24, 2.45) is 5.92 Å². The fraction of sp³-hybridized carbons (Fsp3) is 0.500. The molecule has 1 atom stereocenters. The highest BCUT2D eigenvalue weighted by molar-refractivity contribution is 5.12. The first-order valence-electron chi connectivity index (χ1n) is 5.23. The van der Waals surface area contributed by atoms with Gasteiger partial charge in [0.1, 0.15) is 6.54 Å². The zero-order chi connectivity index (χ0) is 9.10. The SMILES string of the molecule is C[C@@H]([NH2+]Cc1ccccc1)C1CC1. The molecule has 0 unspecified atom stereocenters. The first-order valence-corrected chi connectivity index (χ1v) is 5.23. The van der Waals surface area contributed by atoms with Gasteiger partial charge in [-0.25, -0.2) is 0 Å². The summed E-state index contributed by atoms with van der Waals surface area (Å²) in [7, 11) is 0. The van der Waals surface area contributed by atoms with Crippen LogP contribution in [0.2, 0.25) is 0 Å². The number of hydrogen-bond donors (Lipinski definition) is 1. The van der Waals surface area contributed by atoms with Crippen molar-refractivity contribution in [3.63, 3.8) is 0 Å². The summed E-state index contributed by atoms with van der Waals surface area (Å²) in [6.45, 7) is 3.49. The number of benzene rings is 1. The van der Waals surface area contributed by atoms with E-state index in [2.05, 4.69) is 42.6 Å². The van der Waals surface area contributed by atoms with Crippen LogP contribution in [0.15, 0.2) is 30.3 Å². The average molecular weight is 176 g/mol. The second kappa shape index (κ2) is 3.93. The number of rotatable bonds is 4. The molecule has 2 N–H and O–H groups in total. The molecule has 70 valence electrons.